The molecule has 1 aromatic carbocycles. The molecule has 124 valence electrons. The normalized spacial score (nSPS) is 10.5. The maximum absolute atomic E-state index is 12.4. The van der Waals surface area contributed by atoms with Crippen LogP contribution in [-0.2, 0) is 0 Å². The average Bonchev–Trinajstić information content (AvgIpc) is 3.24. The Labute approximate surface area is 143 Å². The van der Waals surface area contributed by atoms with E-state index < -0.39 is 0 Å². The summed E-state index contributed by atoms with van der Waals surface area (Å²) in [7, 11) is 3.09. The highest BCUT2D eigenvalue weighted by Crippen LogP contribution is 2.30. The van der Waals surface area contributed by atoms with Crippen LogP contribution in [0, 0.1) is 6.92 Å². The van der Waals surface area contributed by atoms with Crippen molar-refractivity contribution < 1.29 is 18.7 Å². The van der Waals surface area contributed by atoms with Gasteiger partial charge in [-0.25, -0.2) is 4.98 Å². The Morgan fingerprint density at radius 2 is 2.04 bits per heavy atom. The highest BCUT2D eigenvalue weighted by Gasteiger charge is 2.16. The molecule has 3 aromatic rings. The summed E-state index contributed by atoms with van der Waals surface area (Å²) in [6.07, 6.45) is 0. The van der Waals surface area contributed by atoms with Crippen LogP contribution in [0.4, 0.5) is 5.69 Å². The number of nitrogens with one attached hydrogen (secondary N) is 1. The van der Waals surface area contributed by atoms with E-state index in [0.29, 0.717) is 22.9 Å². The number of nitrogens with zero attached hydrogens (tertiary/aromatic N) is 1. The van der Waals surface area contributed by atoms with E-state index in [4.69, 9.17) is 13.9 Å². The Kier molecular flexibility index (Phi) is 4.52. The van der Waals surface area contributed by atoms with E-state index in [2.05, 4.69) is 10.3 Å². The number of hydrogen-bond donors (Lipinski definition) is 1. The van der Waals surface area contributed by atoms with Crippen LogP contribution in [0.3, 0.4) is 0 Å². The second-order valence-corrected chi connectivity index (χ2v) is 6.00. The molecule has 0 bridgehead atoms. The minimum absolute atomic E-state index is 0.202. The third-order valence-corrected chi connectivity index (χ3v) is 4.13. The lowest BCUT2D eigenvalue weighted by Crippen LogP contribution is -2.11. The topological polar surface area (TPSA) is 73.6 Å². The highest BCUT2D eigenvalue weighted by atomic mass is 32.1. The third kappa shape index (κ3) is 3.26. The van der Waals surface area contributed by atoms with Gasteiger partial charge in [-0.05, 0) is 31.2 Å². The molecule has 0 aliphatic heterocycles. The molecule has 0 fully saturated rings. The Morgan fingerprint density at radius 1 is 1.21 bits per heavy atom. The lowest BCUT2D eigenvalue weighted by Gasteiger charge is -2.10. The van der Waals surface area contributed by atoms with Crippen molar-refractivity contribution in [3.05, 3.63) is 46.5 Å². The number of aryl methyl sites for hydroxylation is 1. The van der Waals surface area contributed by atoms with Gasteiger partial charge in [0.2, 0.25) is 0 Å². The Balaban J connectivity index is 1.79. The van der Waals surface area contributed by atoms with Crippen molar-refractivity contribution in [2.24, 2.45) is 0 Å². The maximum atomic E-state index is 12.4. The van der Waals surface area contributed by atoms with Crippen molar-refractivity contribution in [1.29, 1.82) is 0 Å². The van der Waals surface area contributed by atoms with Crippen molar-refractivity contribution in [1.82, 2.24) is 4.98 Å². The number of anilines is 1. The van der Waals surface area contributed by atoms with E-state index in [-0.39, 0.29) is 11.7 Å². The number of carbonyl (C=O) groups excluding carboxylic acids is 1. The summed E-state index contributed by atoms with van der Waals surface area (Å²) < 4.78 is 16.0. The molecule has 2 aromatic heterocycles. The molecule has 6 nitrogen and oxygen atoms in total. The molecule has 1 N–H and O–H groups in total. The monoisotopic (exact) mass is 344 g/mol. The largest absolute Gasteiger partial charge is 0.497 e. The molecule has 0 saturated carbocycles. The van der Waals surface area contributed by atoms with E-state index in [9.17, 15) is 4.79 Å². The number of thiazole rings is 1. The smallest absolute Gasteiger partial charge is 0.291 e. The molecule has 0 radical (unpaired) electrons. The summed E-state index contributed by atoms with van der Waals surface area (Å²) in [4.78, 5) is 16.7. The minimum Gasteiger partial charge on any atom is -0.497 e. The summed E-state index contributed by atoms with van der Waals surface area (Å²) in [6.45, 7) is 1.92. The van der Waals surface area contributed by atoms with E-state index in [1.165, 1.54) is 18.4 Å². The molecule has 1 amide bonds. The standard InChI is InChI=1S/C17H16N2O4S/c1-10-18-13(9-24-10)14-6-7-15(23-14)17(20)19-12-5-4-11(21-2)8-16(12)22-3/h4-9H,1-3H3,(H,19,20). The predicted molar refractivity (Wildman–Crippen MR) is 92.1 cm³/mol. The van der Waals surface area contributed by atoms with Gasteiger partial charge >= 0.3 is 0 Å². The first kappa shape index (κ1) is 16.1. The first-order chi connectivity index (χ1) is 11.6. The van der Waals surface area contributed by atoms with Gasteiger partial charge in [-0.15, -0.1) is 11.3 Å². The van der Waals surface area contributed by atoms with Crippen LogP contribution in [0.2, 0.25) is 0 Å². The van der Waals surface area contributed by atoms with Gasteiger partial charge in [0.1, 0.15) is 17.2 Å². The average molecular weight is 344 g/mol. The van der Waals surface area contributed by atoms with Crippen LogP contribution < -0.4 is 14.8 Å². The molecule has 0 aliphatic carbocycles. The van der Waals surface area contributed by atoms with Gasteiger partial charge in [0.15, 0.2) is 11.5 Å². The lowest BCUT2D eigenvalue weighted by molar-refractivity contribution is 0.0997. The van der Waals surface area contributed by atoms with E-state index in [1.807, 2.05) is 12.3 Å². The summed E-state index contributed by atoms with van der Waals surface area (Å²) in [6, 6.07) is 8.50. The molecule has 3 rings (SSSR count). The number of amides is 1. The maximum Gasteiger partial charge on any atom is 0.291 e. The van der Waals surface area contributed by atoms with Gasteiger partial charge in [-0.3, -0.25) is 4.79 Å². The Hall–Kier alpha value is -2.80. The fourth-order valence-corrected chi connectivity index (χ4v) is 2.76. The zero-order valence-electron chi connectivity index (χ0n) is 13.5. The van der Waals surface area contributed by atoms with Gasteiger partial charge in [0, 0.05) is 11.4 Å². The number of rotatable bonds is 5. The Bertz CT molecular complexity index is 869. The molecule has 7 heteroatoms. The quantitative estimate of drug-likeness (QED) is 0.758. The fourth-order valence-electron chi connectivity index (χ4n) is 2.16. The Morgan fingerprint density at radius 3 is 2.71 bits per heavy atom. The van der Waals surface area contributed by atoms with Crippen LogP contribution in [0.25, 0.3) is 11.5 Å². The molecule has 0 atom stereocenters. The van der Waals surface area contributed by atoms with Crippen molar-refractivity contribution in [2.45, 2.75) is 6.92 Å². The van der Waals surface area contributed by atoms with Crippen LogP contribution >= 0.6 is 11.3 Å². The molecule has 0 spiro atoms. The number of furan rings is 1. The van der Waals surface area contributed by atoms with Crippen molar-refractivity contribution in [3.8, 4) is 23.0 Å². The van der Waals surface area contributed by atoms with Crippen LogP contribution in [0.15, 0.2) is 40.1 Å². The zero-order chi connectivity index (χ0) is 17.1. The van der Waals surface area contributed by atoms with Gasteiger partial charge in [0.05, 0.1) is 24.9 Å². The molecule has 0 aliphatic rings. The molecule has 0 unspecified atom stereocenters. The van der Waals surface area contributed by atoms with Gasteiger partial charge < -0.3 is 19.2 Å². The number of methoxy groups -OCH3 is 2. The SMILES string of the molecule is COc1ccc(NC(=O)c2ccc(-c3csc(C)n3)o2)c(OC)c1. The molecular formula is C17H16N2O4S. The summed E-state index contributed by atoms with van der Waals surface area (Å²) in [5.74, 6) is 1.55. The summed E-state index contributed by atoms with van der Waals surface area (Å²) in [5, 5.41) is 5.60. The number of hydrogen-bond acceptors (Lipinski definition) is 6. The number of benzene rings is 1. The van der Waals surface area contributed by atoms with E-state index >= 15 is 0 Å². The van der Waals surface area contributed by atoms with Crippen LogP contribution in [-0.4, -0.2) is 25.1 Å². The number of carbonyl (C=O) groups is 1. The van der Waals surface area contributed by atoms with E-state index in [0.717, 1.165) is 10.7 Å². The third-order valence-electron chi connectivity index (χ3n) is 3.36. The van der Waals surface area contributed by atoms with Crippen LogP contribution in [0.5, 0.6) is 11.5 Å². The van der Waals surface area contributed by atoms with Crippen molar-refractivity contribution in [2.75, 3.05) is 19.5 Å². The van der Waals surface area contributed by atoms with Gasteiger partial charge in [0.25, 0.3) is 5.91 Å². The summed E-state index contributed by atoms with van der Waals surface area (Å²) in [5.41, 5.74) is 1.25. The number of aromatic nitrogens is 1. The first-order valence-corrected chi connectivity index (χ1v) is 8.04. The van der Waals surface area contributed by atoms with Gasteiger partial charge in [-0.1, -0.05) is 0 Å². The predicted octanol–water partition coefficient (Wildman–Crippen LogP) is 3.98. The zero-order valence-corrected chi connectivity index (χ0v) is 14.3. The highest BCUT2D eigenvalue weighted by molar-refractivity contribution is 7.09. The second-order valence-electron chi connectivity index (χ2n) is 4.94. The molecule has 24 heavy (non-hydrogen) atoms. The summed E-state index contributed by atoms with van der Waals surface area (Å²) >= 11 is 1.53. The molecule has 2 heterocycles. The fraction of sp³-hybridized carbons (Fsp3) is 0.176. The lowest BCUT2D eigenvalue weighted by atomic mass is 10.2. The van der Waals surface area contributed by atoms with Crippen molar-refractivity contribution in [3.63, 3.8) is 0 Å². The molecule has 0 saturated heterocycles. The molecular weight excluding hydrogens is 328 g/mol. The van der Waals surface area contributed by atoms with Crippen molar-refractivity contribution >= 4 is 22.9 Å². The first-order valence-electron chi connectivity index (χ1n) is 7.16. The van der Waals surface area contributed by atoms with E-state index in [1.54, 1.807) is 37.4 Å². The number of ether oxygens (including phenoxy) is 2. The van der Waals surface area contributed by atoms with Crippen LogP contribution in [0.1, 0.15) is 15.6 Å². The minimum atomic E-state index is -0.364. The van der Waals surface area contributed by atoms with Gasteiger partial charge in [-0.2, -0.15) is 0 Å². The second kappa shape index (κ2) is 6.76.